The predicted octanol–water partition coefficient (Wildman–Crippen LogP) is 32.0. The van der Waals surface area contributed by atoms with Crippen molar-refractivity contribution in [1.29, 1.82) is 0 Å². The van der Waals surface area contributed by atoms with Crippen LogP contribution in [0.3, 0.4) is 0 Å². The van der Waals surface area contributed by atoms with Crippen molar-refractivity contribution >= 4 is 101 Å². The minimum Gasteiger partial charge on any atom is -0.457 e. The summed E-state index contributed by atoms with van der Waals surface area (Å²) in [7, 11) is 0. The van der Waals surface area contributed by atoms with Crippen LogP contribution in [-0.4, -0.2) is 15.8 Å². The Morgan fingerprint density at radius 3 is 0.947 bits per heavy atom. The summed E-state index contributed by atoms with van der Waals surface area (Å²) in [6.45, 7) is 16.2. The summed E-state index contributed by atoms with van der Waals surface area (Å²) in [6.07, 6.45) is 0. The van der Waals surface area contributed by atoms with Gasteiger partial charge in [0.1, 0.15) is 11.5 Å². The van der Waals surface area contributed by atoms with Gasteiger partial charge in [0.25, 0.3) is 6.71 Å². The van der Waals surface area contributed by atoms with Crippen LogP contribution < -0.4 is 30.9 Å². The largest absolute Gasteiger partial charge is 0.457 e. The monoisotopic (exact) mass is 1700 g/mol. The second kappa shape index (κ2) is 30.8. The lowest BCUT2D eigenvalue weighted by molar-refractivity contribution is 0.418. The average molecular weight is 1700 g/mol. The Hall–Kier alpha value is -15.8. The minimum absolute atomic E-state index is 0.122. The molecular formula is C125H95BN4O. The van der Waals surface area contributed by atoms with Crippen LogP contribution in [0.4, 0.5) is 34.1 Å². The van der Waals surface area contributed by atoms with Crippen molar-refractivity contribution in [2.24, 2.45) is 0 Å². The van der Waals surface area contributed by atoms with Crippen LogP contribution in [0.1, 0.15) is 102 Å². The highest BCUT2D eigenvalue weighted by atomic mass is 16.5. The molecule has 6 heteroatoms. The van der Waals surface area contributed by atoms with E-state index in [4.69, 9.17) is 4.74 Å². The number of ether oxygens (including phenoxy) is 1. The van der Waals surface area contributed by atoms with Gasteiger partial charge in [-0.25, -0.2) is 0 Å². The quantitative estimate of drug-likeness (QED) is 0.108. The summed E-state index contributed by atoms with van der Waals surface area (Å²) in [4.78, 5) is 4.31. The summed E-state index contributed by atoms with van der Waals surface area (Å²) in [6, 6.07) is 98.8. The van der Waals surface area contributed by atoms with Crippen molar-refractivity contribution in [3.8, 4) is 123 Å². The van der Waals surface area contributed by atoms with Gasteiger partial charge in [-0.05, 0) is 237 Å². The van der Waals surface area contributed by atoms with E-state index in [0.29, 0.717) is 78.5 Å². The first-order chi connectivity index (χ1) is 71.5. The maximum absolute atomic E-state index is 12.5. The number of benzene rings is 19. The van der Waals surface area contributed by atoms with Crippen LogP contribution in [0.5, 0.6) is 11.5 Å². The summed E-state index contributed by atoms with van der Waals surface area (Å²) in [5, 5.41) is -0.601. The van der Waals surface area contributed by atoms with E-state index in [9.17, 15) is 24.7 Å². The third kappa shape index (κ3) is 13.2. The Morgan fingerprint density at radius 1 is 0.275 bits per heavy atom. The van der Waals surface area contributed by atoms with Gasteiger partial charge in [0.2, 0.25) is 0 Å². The van der Waals surface area contributed by atoms with Gasteiger partial charge in [0, 0.05) is 94.5 Å². The number of rotatable bonds is 13. The molecule has 0 aliphatic carbocycles. The van der Waals surface area contributed by atoms with Gasteiger partial charge < -0.3 is 23.7 Å². The molecule has 0 saturated carbocycles. The van der Waals surface area contributed by atoms with Crippen LogP contribution >= 0.6 is 0 Å². The van der Waals surface area contributed by atoms with Gasteiger partial charge in [-0.2, -0.15) is 0 Å². The zero-order valence-corrected chi connectivity index (χ0v) is 73.4. The second-order valence-corrected chi connectivity index (χ2v) is 37.0. The van der Waals surface area contributed by atoms with Crippen LogP contribution in [-0.2, 0) is 16.2 Å². The Balaban J connectivity index is 0.952. The molecule has 19 aromatic carbocycles. The van der Waals surface area contributed by atoms with Gasteiger partial charge in [-0.1, -0.05) is 364 Å². The van der Waals surface area contributed by atoms with Crippen molar-refractivity contribution in [1.82, 2.24) is 9.13 Å². The van der Waals surface area contributed by atoms with Crippen LogP contribution in [0.2, 0.25) is 0 Å². The van der Waals surface area contributed by atoms with E-state index in [2.05, 4.69) is 217 Å². The van der Waals surface area contributed by atoms with E-state index in [1.165, 1.54) is 9.13 Å². The minimum atomic E-state index is -1.17. The number of aromatic nitrogens is 2. The molecule has 0 saturated heterocycles. The maximum Gasteiger partial charge on any atom is 0.252 e. The molecule has 5 heterocycles. The fourth-order valence-corrected chi connectivity index (χ4v) is 20.1. The number of para-hydroxylation sites is 5. The van der Waals surface area contributed by atoms with Gasteiger partial charge in [0.05, 0.1) is 58.1 Å². The van der Waals surface area contributed by atoms with Gasteiger partial charge in [0.15, 0.2) is 0 Å². The summed E-state index contributed by atoms with van der Waals surface area (Å²) in [5.41, 5.74) is 18.7. The normalized spacial score (nSPS) is 15.0. The fraction of sp³-hybridized carbons (Fsp3) is 0.0880. The summed E-state index contributed by atoms with van der Waals surface area (Å²) < 4.78 is 192. The van der Waals surface area contributed by atoms with Crippen LogP contribution in [0.25, 0.3) is 155 Å². The molecule has 3 aliphatic heterocycles. The predicted molar refractivity (Wildman–Crippen MR) is 554 cm³/mol. The molecular weight excluding hydrogens is 1580 g/mol. The number of fused-ring (bicyclic) bond motifs is 12. The molecule has 2 aromatic heterocycles. The van der Waals surface area contributed by atoms with E-state index in [1.54, 1.807) is 12.1 Å². The molecule has 0 atom stereocenters. The van der Waals surface area contributed by atoms with Crippen molar-refractivity contribution in [2.45, 2.75) is 71.6 Å². The zero-order valence-electron chi connectivity index (χ0n) is 91.4. The van der Waals surface area contributed by atoms with E-state index in [1.807, 2.05) is 158 Å². The van der Waals surface area contributed by atoms with Crippen molar-refractivity contribution in [3.63, 3.8) is 0 Å². The molecule has 0 fully saturated rings. The molecule has 0 spiro atoms. The number of hydrogen-bond donors (Lipinski definition) is 0. The highest BCUT2D eigenvalue weighted by molar-refractivity contribution is 7.00. The summed E-state index contributed by atoms with van der Waals surface area (Å²) >= 11 is 0. The molecule has 131 heavy (non-hydrogen) atoms. The number of nitrogens with zero attached hydrogens (tertiary/aromatic N) is 4. The topological polar surface area (TPSA) is 25.6 Å². The Labute approximate surface area is 792 Å². The first-order valence-corrected chi connectivity index (χ1v) is 44.5. The fourth-order valence-electron chi connectivity index (χ4n) is 20.1. The van der Waals surface area contributed by atoms with E-state index in [-0.39, 0.29) is 84.0 Å². The number of hydrogen-bond acceptors (Lipinski definition) is 3. The lowest BCUT2D eigenvalue weighted by Crippen LogP contribution is -2.61. The maximum atomic E-state index is 12.5. The molecule has 0 N–H and O–H groups in total. The Morgan fingerprint density at radius 2 is 0.588 bits per heavy atom. The molecule has 0 radical (unpaired) electrons. The number of anilines is 6. The smallest absolute Gasteiger partial charge is 0.252 e. The zero-order chi connectivity index (χ0) is 104. The molecule has 0 amide bonds. The molecule has 0 bridgehead atoms. The van der Waals surface area contributed by atoms with Gasteiger partial charge >= 0.3 is 0 Å². The second-order valence-electron chi connectivity index (χ2n) is 37.0. The van der Waals surface area contributed by atoms with Crippen molar-refractivity contribution in [2.75, 3.05) is 9.80 Å². The van der Waals surface area contributed by atoms with E-state index in [0.717, 1.165) is 89.0 Å². The summed E-state index contributed by atoms with van der Waals surface area (Å²) in [5.74, 6) is 1.08. The van der Waals surface area contributed by atoms with Gasteiger partial charge in [-0.3, -0.25) is 0 Å². The molecule has 624 valence electrons. The molecule has 21 aromatic rings. The molecule has 5 nitrogen and oxygen atoms in total. The third-order valence-electron chi connectivity index (χ3n) is 26.7. The molecule has 3 aliphatic rings. The van der Waals surface area contributed by atoms with Crippen LogP contribution in [0, 0.1) is 0 Å². The van der Waals surface area contributed by atoms with Crippen LogP contribution in [0.15, 0.2) is 430 Å². The highest BCUT2D eigenvalue weighted by Gasteiger charge is 2.47. The third-order valence-corrected chi connectivity index (χ3v) is 26.7. The van der Waals surface area contributed by atoms with Gasteiger partial charge in [-0.15, -0.1) is 0 Å². The SMILES string of the molecule is [2H]c1c(-c2ccc3c(c2)Oc2ccccc2C3(C)C)c([2H])c2c3c1N(c1c(-c4cccc(-c5ccccc5)c4)cc(C(C)(C)C)cc1-c1cccc(-c4ccccc4)c1)c1cc(-n4c5c([2H])c([2H])c([2H])c([2H])c5c5c([2H])c([2H])c([2H])c([2H])c54)ccc1B3c1ccc(-n3c4c([2H])c([2H])c([2H])c([2H])c4c4c([2H])c([2H])c([2H])c([2H])c43)cc1N2c1c(-c2cccc(-c3ccccc3)c2)cc(C(C)(C)C)cc1-c1cccc(-c2ccccc2)c1. The Bertz CT molecular complexity index is 8520. The lowest BCUT2D eigenvalue weighted by Gasteiger charge is -2.46. The van der Waals surface area contributed by atoms with Crippen molar-refractivity contribution < 1.29 is 29.4 Å². The average Bonchev–Trinajstić information content (AvgIpc) is 1.43. The molecule has 0 unspecified atom stereocenters. The molecule has 24 rings (SSSR count). The Kier molecular flexibility index (Phi) is 14.5. The standard InChI is InChI=1S/C125H95BN4O/c1-123(2,3)94-74-102(89-47-31-43-84(67-89)80-35-13-9-14-36-80)121(103(75-94)90-48-32-44-85(68-90)81-37-15-10-16-38-81)129-114-78-96(127-110-56-26-21-51-98(110)99-52-22-27-57-111(99)127)62-65-108(114)126-109-66-63-97(128-112-58-28-23-53-100(112)101-54-24-29-59-113(101)128)79-115(109)130(117-72-93(71-116(129)120(117)126)88-61-64-107-119(73-88)131-118-60-30-25-55-106(118)125(107,7)8)122-104(91-49-33-45-86(69-91)82-39-17-11-18-40-82)76-95(124(4,5)6)77-105(122)92-50-34-46-87(70-92)83-41-19-12-20-42-83/h9-79H,1-8H3/i21D,22D,23D,24D,26D,27D,28D,29D,51D,52D,53D,54D,56D,57D,58D,59D,71D,72D. The highest BCUT2D eigenvalue weighted by Crippen LogP contribution is 2.58. The van der Waals surface area contributed by atoms with E-state index >= 15 is 0 Å². The van der Waals surface area contributed by atoms with E-state index < -0.39 is 120 Å². The lowest BCUT2D eigenvalue weighted by atomic mass is 9.33. The first-order valence-electron chi connectivity index (χ1n) is 53.5. The first kappa shape index (κ1) is 61.6. The van der Waals surface area contributed by atoms with Crippen molar-refractivity contribution in [3.05, 3.63) is 453 Å².